The van der Waals surface area contributed by atoms with Crippen molar-refractivity contribution in [2.24, 2.45) is 0 Å². The summed E-state index contributed by atoms with van der Waals surface area (Å²) in [7, 11) is 0. The van der Waals surface area contributed by atoms with E-state index in [0.29, 0.717) is 29.7 Å². The van der Waals surface area contributed by atoms with E-state index in [1.54, 1.807) is 39.8 Å². The van der Waals surface area contributed by atoms with Gasteiger partial charge in [-0.05, 0) is 88.1 Å². The molecule has 1 aromatic heterocycles. The molecule has 1 saturated heterocycles. The van der Waals surface area contributed by atoms with E-state index in [-0.39, 0.29) is 23.2 Å². The molecule has 1 aliphatic rings. The summed E-state index contributed by atoms with van der Waals surface area (Å²) in [5.74, 6) is -1.83. The van der Waals surface area contributed by atoms with E-state index < -0.39 is 46.7 Å². The Hall–Kier alpha value is -4.18. The van der Waals surface area contributed by atoms with Gasteiger partial charge in [-0.15, -0.1) is 0 Å². The Morgan fingerprint density at radius 3 is 2.51 bits per heavy atom. The molecule has 9 nitrogen and oxygen atoms in total. The molecule has 2 atom stereocenters. The third-order valence-electron chi connectivity index (χ3n) is 7.03. The molecule has 0 spiro atoms. The second kappa shape index (κ2) is 10.9. The molecule has 4 rings (SSSR count). The number of aliphatic hydroxyl groups is 1. The van der Waals surface area contributed by atoms with Gasteiger partial charge >= 0.3 is 0 Å². The van der Waals surface area contributed by atoms with Crippen molar-refractivity contribution >= 4 is 17.6 Å². The number of nitrogens with zero attached hydrogens (tertiary/aromatic N) is 2. The first-order valence-corrected chi connectivity index (χ1v) is 12.7. The largest absolute Gasteiger partial charge is 0.388 e. The highest BCUT2D eigenvalue weighted by Gasteiger charge is 2.44. The van der Waals surface area contributed by atoms with E-state index >= 15 is 0 Å². The molecule has 0 saturated carbocycles. The standard InChI is InChI=1S/C29H31FN4O5/c1-16-12-19(8-9-21(16)26(36)22-13-17(2)32-33-28(22)38)27(37)31-15-25(35)34-23(10-11-24(34)29(3,4)39)18-6-5-7-20(30)14-18/h5-9,12-14,23-24,39H,10-11,15H2,1-4H3,(H,31,37)(H,33,38)/t23-,24+/m0/s1. The maximum absolute atomic E-state index is 13.9. The van der Waals surface area contributed by atoms with Crippen molar-refractivity contribution in [3.8, 4) is 0 Å². The Balaban J connectivity index is 1.50. The Morgan fingerprint density at radius 1 is 1.10 bits per heavy atom. The summed E-state index contributed by atoms with van der Waals surface area (Å²) < 4.78 is 13.9. The third-order valence-corrected chi connectivity index (χ3v) is 7.03. The zero-order valence-corrected chi connectivity index (χ0v) is 22.2. The summed E-state index contributed by atoms with van der Waals surface area (Å²) in [5, 5.41) is 19.4. The topological polar surface area (TPSA) is 132 Å². The van der Waals surface area contributed by atoms with E-state index in [1.807, 2.05) is 0 Å². The lowest BCUT2D eigenvalue weighted by molar-refractivity contribution is -0.138. The van der Waals surface area contributed by atoms with Crippen LogP contribution in [0.2, 0.25) is 0 Å². The van der Waals surface area contributed by atoms with Crippen LogP contribution in [-0.4, -0.2) is 56.0 Å². The van der Waals surface area contributed by atoms with Gasteiger partial charge in [0.2, 0.25) is 5.91 Å². The first kappa shape index (κ1) is 27.8. The summed E-state index contributed by atoms with van der Waals surface area (Å²) in [6, 6.07) is 10.9. The molecule has 2 amide bonds. The molecule has 39 heavy (non-hydrogen) atoms. The maximum Gasteiger partial charge on any atom is 0.275 e. The van der Waals surface area contributed by atoms with Gasteiger partial charge in [0, 0.05) is 11.1 Å². The number of nitrogens with one attached hydrogen (secondary N) is 2. The molecular formula is C29H31FN4O5. The van der Waals surface area contributed by atoms with Crippen molar-refractivity contribution in [2.75, 3.05) is 6.54 Å². The number of hydrogen-bond acceptors (Lipinski definition) is 6. The summed E-state index contributed by atoms with van der Waals surface area (Å²) in [4.78, 5) is 52.8. The van der Waals surface area contributed by atoms with Crippen molar-refractivity contribution in [3.63, 3.8) is 0 Å². The van der Waals surface area contributed by atoms with Gasteiger partial charge in [-0.25, -0.2) is 9.49 Å². The number of amides is 2. The van der Waals surface area contributed by atoms with E-state index in [4.69, 9.17) is 0 Å². The average molecular weight is 535 g/mol. The van der Waals surface area contributed by atoms with Gasteiger partial charge in [0.25, 0.3) is 11.5 Å². The summed E-state index contributed by atoms with van der Waals surface area (Å²) in [6.07, 6.45) is 1.07. The first-order valence-electron chi connectivity index (χ1n) is 12.7. The van der Waals surface area contributed by atoms with Gasteiger partial charge < -0.3 is 15.3 Å². The number of likely N-dealkylation sites (tertiary alicyclic amines) is 1. The molecule has 204 valence electrons. The summed E-state index contributed by atoms with van der Waals surface area (Å²) in [6.45, 7) is 6.22. The van der Waals surface area contributed by atoms with E-state index in [0.717, 1.165) is 0 Å². The number of aryl methyl sites for hydroxylation is 2. The number of rotatable bonds is 7. The lowest BCUT2D eigenvalue weighted by Crippen LogP contribution is -2.51. The van der Waals surface area contributed by atoms with Gasteiger partial charge in [-0.3, -0.25) is 19.2 Å². The smallest absolute Gasteiger partial charge is 0.275 e. The van der Waals surface area contributed by atoms with Crippen molar-refractivity contribution in [3.05, 3.63) is 98.2 Å². The lowest BCUT2D eigenvalue weighted by Gasteiger charge is -2.37. The zero-order chi connectivity index (χ0) is 28.5. The Morgan fingerprint density at radius 2 is 1.85 bits per heavy atom. The van der Waals surface area contributed by atoms with Crippen molar-refractivity contribution in [1.29, 1.82) is 0 Å². The van der Waals surface area contributed by atoms with Crippen LogP contribution in [0.4, 0.5) is 4.39 Å². The number of carbonyl (C=O) groups excluding carboxylic acids is 3. The molecule has 1 aliphatic heterocycles. The van der Waals surface area contributed by atoms with Gasteiger partial charge in [0.05, 0.1) is 35.5 Å². The number of aromatic amines is 1. The van der Waals surface area contributed by atoms with Crippen LogP contribution in [0.15, 0.2) is 53.3 Å². The maximum atomic E-state index is 13.9. The van der Waals surface area contributed by atoms with Crippen LogP contribution in [0, 0.1) is 19.7 Å². The molecule has 3 aromatic rings. The lowest BCUT2D eigenvalue weighted by atomic mass is 9.96. The second-order valence-electron chi connectivity index (χ2n) is 10.4. The Labute approximate surface area is 225 Å². The second-order valence-corrected chi connectivity index (χ2v) is 10.4. The predicted octanol–water partition coefficient (Wildman–Crippen LogP) is 2.99. The number of H-pyrrole nitrogens is 1. The number of halogens is 1. The molecule has 3 N–H and O–H groups in total. The fourth-order valence-corrected chi connectivity index (χ4v) is 5.12. The van der Waals surface area contributed by atoms with Gasteiger partial charge in [-0.1, -0.05) is 12.1 Å². The Bertz CT molecular complexity index is 1490. The molecule has 0 bridgehead atoms. The highest BCUT2D eigenvalue weighted by molar-refractivity contribution is 6.10. The summed E-state index contributed by atoms with van der Waals surface area (Å²) >= 11 is 0. The van der Waals surface area contributed by atoms with Crippen molar-refractivity contribution < 1.29 is 23.9 Å². The highest BCUT2D eigenvalue weighted by Crippen LogP contribution is 2.40. The number of carbonyl (C=O) groups is 3. The van der Waals surface area contributed by atoms with E-state index in [9.17, 15) is 28.7 Å². The van der Waals surface area contributed by atoms with Crippen LogP contribution in [0.25, 0.3) is 0 Å². The van der Waals surface area contributed by atoms with Crippen molar-refractivity contribution in [1.82, 2.24) is 20.4 Å². The summed E-state index contributed by atoms with van der Waals surface area (Å²) in [5.41, 5.74) is 0.250. The minimum absolute atomic E-state index is 0.0479. The van der Waals surface area contributed by atoms with Crippen LogP contribution < -0.4 is 10.9 Å². The van der Waals surface area contributed by atoms with Gasteiger partial charge in [0.1, 0.15) is 5.82 Å². The molecule has 2 aromatic carbocycles. The Kier molecular flexibility index (Phi) is 7.78. The van der Waals surface area contributed by atoms with Crippen LogP contribution in [0.1, 0.15) is 75.8 Å². The predicted molar refractivity (Wildman–Crippen MR) is 142 cm³/mol. The minimum atomic E-state index is -1.20. The van der Waals surface area contributed by atoms with Gasteiger partial charge in [0.15, 0.2) is 5.78 Å². The van der Waals surface area contributed by atoms with Crippen LogP contribution in [0.5, 0.6) is 0 Å². The SMILES string of the molecule is Cc1cc(C(=O)c2ccc(C(=O)NCC(=O)N3[C@H](c4cccc(F)c4)CC[C@@H]3C(C)(C)O)cc2C)c(=O)[nH]n1. The normalized spacial score (nSPS) is 17.2. The molecule has 2 heterocycles. The average Bonchev–Trinajstić information content (AvgIpc) is 3.34. The molecule has 0 radical (unpaired) electrons. The fraction of sp³-hybridized carbons (Fsp3) is 0.345. The minimum Gasteiger partial charge on any atom is -0.388 e. The molecular weight excluding hydrogens is 503 g/mol. The molecule has 0 aliphatic carbocycles. The fourth-order valence-electron chi connectivity index (χ4n) is 5.12. The van der Waals surface area contributed by atoms with Crippen molar-refractivity contribution in [2.45, 2.75) is 58.2 Å². The molecule has 10 heteroatoms. The number of hydrogen-bond donors (Lipinski definition) is 3. The monoisotopic (exact) mass is 534 g/mol. The molecule has 0 unspecified atom stereocenters. The van der Waals surface area contributed by atoms with E-state index in [1.165, 1.54) is 41.3 Å². The number of aromatic nitrogens is 2. The van der Waals surface area contributed by atoms with Crippen LogP contribution in [0.3, 0.4) is 0 Å². The first-order chi connectivity index (χ1) is 18.4. The third kappa shape index (κ3) is 5.96. The number of ketones is 1. The van der Waals surface area contributed by atoms with Gasteiger partial charge in [-0.2, -0.15) is 5.10 Å². The van der Waals surface area contributed by atoms with Crippen LogP contribution in [-0.2, 0) is 4.79 Å². The molecule has 1 fully saturated rings. The quantitative estimate of drug-likeness (QED) is 0.399. The van der Waals surface area contributed by atoms with Crippen LogP contribution >= 0.6 is 0 Å². The number of benzene rings is 2. The highest BCUT2D eigenvalue weighted by atomic mass is 19.1. The van der Waals surface area contributed by atoms with E-state index in [2.05, 4.69) is 15.5 Å². The zero-order valence-electron chi connectivity index (χ0n) is 22.2.